The van der Waals surface area contributed by atoms with Crippen molar-refractivity contribution in [2.24, 2.45) is 5.92 Å². The highest BCUT2D eigenvalue weighted by atomic mass is 19.4. The van der Waals surface area contributed by atoms with Gasteiger partial charge in [0, 0.05) is 25.5 Å². The third-order valence-electron chi connectivity index (χ3n) is 6.30. The summed E-state index contributed by atoms with van der Waals surface area (Å²) in [5, 5.41) is 13.2. The number of carboxylic acid groups (broad SMARTS) is 1. The van der Waals surface area contributed by atoms with Gasteiger partial charge in [-0.05, 0) is 22.3 Å². The highest BCUT2D eigenvalue weighted by Gasteiger charge is 2.48. The number of ether oxygens (including phenoxy) is 2. The second-order valence-electron chi connectivity index (χ2n) is 8.48. The van der Waals surface area contributed by atoms with Gasteiger partial charge in [-0.2, -0.15) is 13.2 Å². The smallest absolute Gasteiger partial charge is 0.408 e. The first-order valence-electron chi connectivity index (χ1n) is 10.9. The summed E-state index contributed by atoms with van der Waals surface area (Å²) < 4.78 is 49.4. The molecule has 2 aliphatic rings. The molecule has 0 bridgehead atoms. The van der Waals surface area contributed by atoms with Crippen LogP contribution in [0.2, 0.25) is 0 Å². The third kappa shape index (κ3) is 4.95. The molecule has 1 heterocycles. The van der Waals surface area contributed by atoms with Crippen LogP contribution in [0.5, 0.6) is 0 Å². The Kier molecular flexibility index (Phi) is 6.70. The highest BCUT2D eigenvalue weighted by molar-refractivity contribution is 5.91. The molecule has 186 valence electrons. The first-order chi connectivity index (χ1) is 16.6. The Morgan fingerprint density at radius 3 is 2.20 bits per heavy atom. The minimum Gasteiger partial charge on any atom is -0.481 e. The molecule has 35 heavy (non-hydrogen) atoms. The van der Waals surface area contributed by atoms with E-state index in [1.807, 2.05) is 53.8 Å². The lowest BCUT2D eigenvalue weighted by Gasteiger charge is -2.28. The lowest BCUT2D eigenvalue weighted by molar-refractivity contribution is -0.192. The van der Waals surface area contributed by atoms with Crippen LogP contribution in [-0.2, 0) is 19.1 Å². The summed E-state index contributed by atoms with van der Waals surface area (Å²) in [7, 11) is 0. The maximum Gasteiger partial charge on any atom is 0.408 e. The van der Waals surface area contributed by atoms with Gasteiger partial charge >= 0.3 is 18.2 Å². The average Bonchev–Trinajstić information content (AvgIpc) is 3.40. The SMILES string of the molecule is O=C(NC1(C(=O)NCC(C(=O)O)C(F)(F)F)CCOC1)OCC1c2ccccc2-c2ccccc21. The van der Waals surface area contributed by atoms with Crippen molar-refractivity contribution in [1.82, 2.24) is 10.6 Å². The summed E-state index contributed by atoms with van der Waals surface area (Å²) >= 11 is 0. The first kappa shape index (κ1) is 24.5. The molecule has 11 heteroatoms. The average molecular weight is 492 g/mol. The fourth-order valence-electron chi connectivity index (χ4n) is 4.44. The van der Waals surface area contributed by atoms with Gasteiger partial charge < -0.3 is 25.2 Å². The molecule has 8 nitrogen and oxygen atoms in total. The number of carboxylic acids is 1. The van der Waals surface area contributed by atoms with Crippen LogP contribution in [0.15, 0.2) is 48.5 Å². The molecular formula is C24H23F3N2O6. The first-order valence-corrected chi connectivity index (χ1v) is 10.9. The molecule has 1 aliphatic heterocycles. The molecule has 2 atom stereocenters. The van der Waals surface area contributed by atoms with Gasteiger partial charge in [0.05, 0.1) is 6.61 Å². The van der Waals surface area contributed by atoms with Gasteiger partial charge in [-0.3, -0.25) is 9.59 Å². The summed E-state index contributed by atoms with van der Waals surface area (Å²) in [4.78, 5) is 36.3. The number of rotatable bonds is 7. The molecule has 0 spiro atoms. The van der Waals surface area contributed by atoms with Gasteiger partial charge in [0.25, 0.3) is 0 Å². The van der Waals surface area contributed by atoms with E-state index in [4.69, 9.17) is 14.6 Å². The number of hydrogen-bond acceptors (Lipinski definition) is 5. The number of fused-ring (bicyclic) bond motifs is 3. The molecule has 1 fully saturated rings. The molecule has 3 N–H and O–H groups in total. The molecule has 4 rings (SSSR count). The number of amides is 2. The molecule has 2 unspecified atom stereocenters. The summed E-state index contributed by atoms with van der Waals surface area (Å²) in [6.07, 6.45) is -5.98. The van der Waals surface area contributed by atoms with Crippen LogP contribution in [0, 0.1) is 5.92 Å². The van der Waals surface area contributed by atoms with Gasteiger partial charge in [0.2, 0.25) is 5.91 Å². The van der Waals surface area contributed by atoms with E-state index in [1.54, 1.807) is 0 Å². The van der Waals surface area contributed by atoms with E-state index in [2.05, 4.69) is 5.32 Å². The molecule has 2 amide bonds. The van der Waals surface area contributed by atoms with Crippen molar-refractivity contribution < 1.29 is 42.1 Å². The highest BCUT2D eigenvalue weighted by Crippen LogP contribution is 2.44. The van der Waals surface area contributed by atoms with Gasteiger partial charge in [-0.1, -0.05) is 48.5 Å². The number of carbonyl (C=O) groups is 3. The second kappa shape index (κ2) is 9.57. The zero-order valence-corrected chi connectivity index (χ0v) is 18.4. The Balaban J connectivity index is 1.42. The number of carbonyl (C=O) groups excluding carboxylic acids is 2. The normalized spacial score (nSPS) is 20.0. The van der Waals surface area contributed by atoms with Gasteiger partial charge in [-0.25, -0.2) is 4.79 Å². The number of hydrogen-bond donors (Lipinski definition) is 3. The van der Waals surface area contributed by atoms with E-state index < -0.39 is 42.1 Å². The largest absolute Gasteiger partial charge is 0.481 e. The number of nitrogens with one attached hydrogen (secondary N) is 2. The summed E-state index contributed by atoms with van der Waals surface area (Å²) in [6, 6.07) is 15.5. The lowest BCUT2D eigenvalue weighted by Crippen LogP contribution is -2.60. The van der Waals surface area contributed by atoms with Crippen molar-refractivity contribution in [3.63, 3.8) is 0 Å². The van der Waals surface area contributed by atoms with E-state index >= 15 is 0 Å². The van der Waals surface area contributed by atoms with Crippen molar-refractivity contribution in [2.45, 2.75) is 24.1 Å². The summed E-state index contributed by atoms with van der Waals surface area (Å²) in [6.45, 7) is -1.40. The predicted octanol–water partition coefficient (Wildman–Crippen LogP) is 3.06. The fourth-order valence-corrected chi connectivity index (χ4v) is 4.44. The summed E-state index contributed by atoms with van der Waals surface area (Å²) in [5.74, 6) is -6.08. The molecule has 2 aromatic carbocycles. The number of benzene rings is 2. The predicted molar refractivity (Wildman–Crippen MR) is 117 cm³/mol. The zero-order chi connectivity index (χ0) is 25.2. The number of halogens is 3. The molecular weight excluding hydrogens is 469 g/mol. The zero-order valence-electron chi connectivity index (χ0n) is 18.4. The van der Waals surface area contributed by atoms with Crippen molar-refractivity contribution in [3.05, 3.63) is 59.7 Å². The van der Waals surface area contributed by atoms with Gasteiger partial charge in [0.1, 0.15) is 12.1 Å². The van der Waals surface area contributed by atoms with Crippen molar-refractivity contribution in [1.29, 1.82) is 0 Å². The number of alkyl halides is 3. The third-order valence-corrected chi connectivity index (χ3v) is 6.30. The minimum atomic E-state index is -5.04. The maximum absolute atomic E-state index is 12.9. The molecule has 2 aromatic rings. The van der Waals surface area contributed by atoms with Crippen LogP contribution >= 0.6 is 0 Å². The van der Waals surface area contributed by atoms with E-state index in [0.29, 0.717) is 0 Å². The van der Waals surface area contributed by atoms with Crippen molar-refractivity contribution in [2.75, 3.05) is 26.4 Å². The molecule has 0 aromatic heterocycles. The molecule has 0 radical (unpaired) electrons. The van der Waals surface area contributed by atoms with Crippen LogP contribution in [0.25, 0.3) is 11.1 Å². The molecule has 0 saturated carbocycles. The molecule has 1 aliphatic carbocycles. The van der Waals surface area contributed by atoms with E-state index in [9.17, 15) is 27.6 Å². The standard InChI is InChI=1S/C24H23F3N2O6/c25-24(26,27)19(20(30)31)11-28-21(32)23(9-10-34-13-23)29-22(33)35-12-18-16-7-3-1-5-14(16)15-6-2-4-8-17(15)18/h1-8,18-19H,9-13H2,(H,28,32)(H,29,33)(H,30,31). The second-order valence-corrected chi connectivity index (χ2v) is 8.48. The Morgan fingerprint density at radius 2 is 1.69 bits per heavy atom. The van der Waals surface area contributed by atoms with Gasteiger partial charge in [0.15, 0.2) is 5.92 Å². The number of alkyl carbamates (subject to hydrolysis) is 1. The Morgan fingerprint density at radius 1 is 1.09 bits per heavy atom. The van der Waals surface area contributed by atoms with E-state index in [-0.39, 0.29) is 32.2 Å². The Hall–Kier alpha value is -3.60. The Labute approximate surface area is 198 Å². The maximum atomic E-state index is 12.9. The van der Waals surface area contributed by atoms with Crippen molar-refractivity contribution >= 4 is 18.0 Å². The summed E-state index contributed by atoms with van der Waals surface area (Å²) in [5.41, 5.74) is 2.39. The van der Waals surface area contributed by atoms with Gasteiger partial charge in [-0.15, -0.1) is 0 Å². The van der Waals surface area contributed by atoms with Crippen LogP contribution in [-0.4, -0.2) is 61.2 Å². The molecule has 1 saturated heterocycles. The Bertz CT molecular complexity index is 1080. The quantitative estimate of drug-likeness (QED) is 0.548. The lowest BCUT2D eigenvalue weighted by atomic mass is 9.97. The monoisotopic (exact) mass is 492 g/mol. The fraction of sp³-hybridized carbons (Fsp3) is 0.375. The van der Waals surface area contributed by atoms with E-state index in [0.717, 1.165) is 22.3 Å². The topological polar surface area (TPSA) is 114 Å². The van der Waals surface area contributed by atoms with Crippen LogP contribution in [0.1, 0.15) is 23.5 Å². The number of aliphatic carboxylic acids is 1. The minimum absolute atomic E-state index is 0.00716. The van der Waals surface area contributed by atoms with E-state index in [1.165, 1.54) is 0 Å². The van der Waals surface area contributed by atoms with Crippen LogP contribution in [0.3, 0.4) is 0 Å². The van der Waals surface area contributed by atoms with Crippen LogP contribution < -0.4 is 10.6 Å². The van der Waals surface area contributed by atoms with Crippen LogP contribution in [0.4, 0.5) is 18.0 Å². The van der Waals surface area contributed by atoms with Crippen molar-refractivity contribution in [3.8, 4) is 11.1 Å².